The number of nitrogens with zero attached hydrogens (tertiary/aromatic N) is 4. The summed E-state index contributed by atoms with van der Waals surface area (Å²) in [5, 5.41) is 6.56. The molecule has 1 saturated heterocycles. The normalized spacial score (nSPS) is 15.1. The van der Waals surface area contributed by atoms with Gasteiger partial charge in [-0.05, 0) is 55.4 Å². The van der Waals surface area contributed by atoms with Gasteiger partial charge >= 0.3 is 0 Å². The maximum Gasteiger partial charge on any atom is 0.267 e. The maximum absolute atomic E-state index is 15.5. The molecule has 5 aromatic rings. The first-order valence-electron chi connectivity index (χ1n) is 12.2. The van der Waals surface area contributed by atoms with E-state index in [0.29, 0.717) is 27.8 Å². The Labute approximate surface area is 216 Å². The van der Waals surface area contributed by atoms with Crippen molar-refractivity contribution in [2.75, 3.05) is 24.1 Å². The average Bonchev–Trinajstić information content (AvgIpc) is 3.58. The molecule has 1 fully saturated rings. The van der Waals surface area contributed by atoms with E-state index in [0.717, 1.165) is 19.5 Å². The van der Waals surface area contributed by atoms with Gasteiger partial charge in [0.15, 0.2) is 0 Å². The topological polar surface area (TPSA) is 120 Å². The van der Waals surface area contributed by atoms with Gasteiger partial charge in [-0.1, -0.05) is 18.2 Å². The molecule has 4 heterocycles. The Hall–Kier alpha value is -4.83. The van der Waals surface area contributed by atoms with Crippen LogP contribution in [0.4, 0.5) is 15.9 Å². The van der Waals surface area contributed by atoms with E-state index in [-0.39, 0.29) is 23.1 Å². The third-order valence-electron chi connectivity index (χ3n) is 6.81. The zero-order valence-electron chi connectivity index (χ0n) is 20.3. The highest BCUT2D eigenvalue weighted by Crippen LogP contribution is 2.37. The molecule has 0 saturated carbocycles. The predicted molar refractivity (Wildman–Crippen MR) is 144 cm³/mol. The van der Waals surface area contributed by atoms with Crippen LogP contribution in [0, 0.1) is 5.82 Å². The third-order valence-corrected chi connectivity index (χ3v) is 6.81. The molecule has 0 bridgehead atoms. The van der Waals surface area contributed by atoms with Gasteiger partial charge in [0, 0.05) is 47.5 Å². The number of benzene rings is 2. The summed E-state index contributed by atoms with van der Waals surface area (Å²) in [5.74, 6) is -0.912. The molecule has 2 aromatic carbocycles. The molecule has 3 aromatic heterocycles. The van der Waals surface area contributed by atoms with Crippen molar-refractivity contribution in [2.24, 2.45) is 0 Å². The summed E-state index contributed by atoms with van der Waals surface area (Å²) >= 11 is 0. The van der Waals surface area contributed by atoms with Crippen LogP contribution >= 0.6 is 0 Å². The van der Waals surface area contributed by atoms with E-state index in [1.54, 1.807) is 48.7 Å². The zero-order chi connectivity index (χ0) is 26.2. The van der Waals surface area contributed by atoms with Crippen molar-refractivity contribution in [1.82, 2.24) is 24.4 Å². The standard InChI is InChI=1S/C28H24FN7O2/c29-23-13-17(34-27(37)21-7-4-12-35(28(21)38)18-5-2-1-3-6-18)8-9-20(23)22-15-36(19-10-11-31-14-19)26-24(22)25(30)32-16-33-26/h1-9,12-13,15-16,19,31H,10-11,14H2,(H,34,37)(H2,30,32,33). The van der Waals surface area contributed by atoms with Crippen molar-refractivity contribution in [3.8, 4) is 16.8 Å². The van der Waals surface area contributed by atoms with Crippen LogP contribution < -0.4 is 21.9 Å². The predicted octanol–water partition coefficient (Wildman–Crippen LogP) is 3.76. The Kier molecular flexibility index (Phi) is 5.93. The number of nitrogen functional groups attached to an aromatic ring is 1. The molecule has 190 valence electrons. The van der Waals surface area contributed by atoms with E-state index in [9.17, 15) is 9.59 Å². The van der Waals surface area contributed by atoms with Crippen LogP contribution in [0.3, 0.4) is 0 Å². The molecule has 9 nitrogen and oxygen atoms in total. The van der Waals surface area contributed by atoms with Crippen LogP contribution in [0.25, 0.3) is 27.8 Å². The van der Waals surface area contributed by atoms with E-state index < -0.39 is 17.3 Å². The second-order valence-corrected chi connectivity index (χ2v) is 9.14. The van der Waals surface area contributed by atoms with E-state index in [4.69, 9.17) is 5.73 Å². The molecule has 1 amide bonds. The molecule has 1 aliphatic heterocycles. The molecular formula is C28H24FN7O2. The Balaban J connectivity index is 1.32. The lowest BCUT2D eigenvalue weighted by Crippen LogP contribution is -2.27. The lowest BCUT2D eigenvalue weighted by molar-refractivity contribution is 0.102. The first-order valence-corrected chi connectivity index (χ1v) is 12.2. The van der Waals surface area contributed by atoms with Crippen LogP contribution in [0.2, 0.25) is 0 Å². The second-order valence-electron chi connectivity index (χ2n) is 9.14. The molecule has 4 N–H and O–H groups in total. The fourth-order valence-electron chi connectivity index (χ4n) is 4.94. The maximum atomic E-state index is 15.5. The van der Waals surface area contributed by atoms with Crippen molar-refractivity contribution in [1.29, 1.82) is 0 Å². The van der Waals surface area contributed by atoms with E-state index in [2.05, 4.69) is 20.6 Å². The Morgan fingerprint density at radius 1 is 1.08 bits per heavy atom. The number of nitrogens with two attached hydrogens (primary N) is 1. The van der Waals surface area contributed by atoms with Gasteiger partial charge in [-0.15, -0.1) is 0 Å². The van der Waals surface area contributed by atoms with Crippen molar-refractivity contribution < 1.29 is 9.18 Å². The molecule has 1 aliphatic rings. The Morgan fingerprint density at radius 2 is 1.92 bits per heavy atom. The van der Waals surface area contributed by atoms with E-state index in [1.807, 2.05) is 16.8 Å². The van der Waals surface area contributed by atoms with E-state index in [1.165, 1.54) is 23.0 Å². The van der Waals surface area contributed by atoms with Crippen LogP contribution in [0.15, 0.2) is 84.2 Å². The van der Waals surface area contributed by atoms with Crippen LogP contribution in [0.1, 0.15) is 22.8 Å². The number of hydrogen-bond donors (Lipinski definition) is 3. The summed E-state index contributed by atoms with van der Waals surface area (Å²) in [6.45, 7) is 1.67. The number of carbonyl (C=O) groups is 1. The summed E-state index contributed by atoms with van der Waals surface area (Å²) in [7, 11) is 0. The SMILES string of the molecule is Nc1ncnc2c1c(-c1ccc(NC(=O)c3cccn(-c4ccccc4)c3=O)cc1F)cn2C1CCNC1. The number of halogens is 1. The summed E-state index contributed by atoms with van der Waals surface area (Å²) in [6.07, 6.45) is 5.78. The minimum absolute atomic E-state index is 0.0565. The minimum atomic E-state index is -0.629. The molecular weight excluding hydrogens is 485 g/mol. The highest BCUT2D eigenvalue weighted by atomic mass is 19.1. The zero-order valence-corrected chi connectivity index (χ0v) is 20.3. The van der Waals surface area contributed by atoms with Gasteiger partial charge in [0.2, 0.25) is 0 Å². The molecule has 10 heteroatoms. The lowest BCUT2D eigenvalue weighted by atomic mass is 10.0. The lowest BCUT2D eigenvalue weighted by Gasteiger charge is -2.11. The van der Waals surface area contributed by atoms with Crippen LogP contribution in [0.5, 0.6) is 0 Å². The fourth-order valence-corrected chi connectivity index (χ4v) is 4.94. The van der Waals surface area contributed by atoms with E-state index >= 15 is 4.39 Å². The number of anilines is 2. The first-order chi connectivity index (χ1) is 18.5. The Bertz CT molecular complexity index is 1720. The smallest absolute Gasteiger partial charge is 0.267 e. The van der Waals surface area contributed by atoms with Crippen LogP contribution in [-0.2, 0) is 0 Å². The van der Waals surface area contributed by atoms with Gasteiger partial charge in [-0.3, -0.25) is 14.2 Å². The average molecular weight is 510 g/mol. The summed E-state index contributed by atoms with van der Waals surface area (Å²) in [5.41, 5.74) is 8.06. The largest absolute Gasteiger partial charge is 0.383 e. The van der Waals surface area contributed by atoms with Gasteiger partial charge in [0.05, 0.1) is 5.39 Å². The molecule has 1 atom stereocenters. The summed E-state index contributed by atoms with van der Waals surface area (Å²) < 4.78 is 18.9. The number of fused-ring (bicyclic) bond motifs is 1. The molecule has 6 rings (SSSR count). The van der Waals surface area contributed by atoms with Crippen LogP contribution in [-0.4, -0.2) is 38.1 Å². The van der Waals surface area contributed by atoms with Crippen molar-refractivity contribution in [3.63, 3.8) is 0 Å². The van der Waals surface area contributed by atoms with Gasteiger partial charge < -0.3 is 20.9 Å². The summed E-state index contributed by atoms with van der Waals surface area (Å²) in [4.78, 5) is 34.5. The van der Waals surface area contributed by atoms with Gasteiger partial charge in [0.25, 0.3) is 11.5 Å². The third kappa shape index (κ3) is 4.10. The molecule has 38 heavy (non-hydrogen) atoms. The van der Waals surface area contributed by atoms with Crippen molar-refractivity contribution in [2.45, 2.75) is 12.5 Å². The highest BCUT2D eigenvalue weighted by molar-refractivity contribution is 6.04. The first kappa shape index (κ1) is 23.6. The highest BCUT2D eigenvalue weighted by Gasteiger charge is 2.24. The molecule has 0 radical (unpaired) electrons. The fraction of sp³-hybridized carbons (Fsp3) is 0.143. The minimum Gasteiger partial charge on any atom is -0.383 e. The quantitative estimate of drug-likeness (QED) is 0.332. The number of hydrogen-bond acceptors (Lipinski definition) is 6. The van der Waals surface area contributed by atoms with Crippen molar-refractivity contribution in [3.05, 3.63) is 101 Å². The van der Waals surface area contributed by atoms with Gasteiger partial charge in [0.1, 0.15) is 29.2 Å². The number of nitrogens with one attached hydrogen (secondary N) is 2. The number of amides is 1. The number of carbonyl (C=O) groups excluding carboxylic acids is 1. The monoisotopic (exact) mass is 509 g/mol. The molecule has 1 unspecified atom stereocenters. The number of pyridine rings is 1. The number of aromatic nitrogens is 4. The molecule has 0 spiro atoms. The van der Waals surface area contributed by atoms with Gasteiger partial charge in [-0.2, -0.15) is 0 Å². The second kappa shape index (κ2) is 9.56. The van der Waals surface area contributed by atoms with Gasteiger partial charge in [-0.25, -0.2) is 14.4 Å². The summed E-state index contributed by atoms with van der Waals surface area (Å²) in [6, 6.07) is 16.6. The van der Waals surface area contributed by atoms with Crippen molar-refractivity contribution >= 4 is 28.4 Å². The Morgan fingerprint density at radius 3 is 2.68 bits per heavy atom. The number of para-hydroxylation sites is 1. The number of rotatable bonds is 5. The molecule has 0 aliphatic carbocycles.